The van der Waals surface area contributed by atoms with Gasteiger partial charge in [-0.1, -0.05) is 30.3 Å². The summed E-state index contributed by atoms with van der Waals surface area (Å²) >= 11 is 0. The van der Waals surface area contributed by atoms with Gasteiger partial charge in [-0.25, -0.2) is 4.98 Å². The van der Waals surface area contributed by atoms with Crippen molar-refractivity contribution in [2.45, 2.75) is 50.8 Å². The molecule has 0 saturated carbocycles. The highest BCUT2D eigenvalue weighted by atomic mass is 16.5. The number of likely N-dealkylation sites (tertiary alicyclic amines) is 1. The molecule has 2 fully saturated rings. The standard InChI is InChI=1S/C25H30N4O/c1-18-7-8-20-21(26-18)9-10-22-24(20)27-23(15-19-5-3-2-4-6-19)29(22)13-12-28-16-25(17-28)11-14-30-25/h2-6,9-10,18,26H,7-8,11-17H2,1H3/t18-/m0/s1. The van der Waals surface area contributed by atoms with Gasteiger partial charge in [0.05, 0.1) is 23.2 Å². The van der Waals surface area contributed by atoms with Crippen LogP contribution in [-0.4, -0.2) is 52.3 Å². The van der Waals surface area contributed by atoms with E-state index in [1.807, 2.05) is 0 Å². The molecule has 5 nitrogen and oxygen atoms in total. The Bertz CT molecular complexity index is 1060. The van der Waals surface area contributed by atoms with Crippen molar-refractivity contribution in [3.05, 3.63) is 59.4 Å². The molecule has 4 heterocycles. The van der Waals surface area contributed by atoms with Crippen molar-refractivity contribution >= 4 is 16.7 Å². The summed E-state index contributed by atoms with van der Waals surface area (Å²) in [6.07, 6.45) is 4.38. The minimum atomic E-state index is 0.200. The molecule has 1 aromatic heterocycles. The summed E-state index contributed by atoms with van der Waals surface area (Å²) in [5.41, 5.74) is 6.66. The number of ether oxygens (including phenoxy) is 1. The zero-order valence-corrected chi connectivity index (χ0v) is 17.7. The lowest BCUT2D eigenvalue weighted by Crippen LogP contribution is -2.68. The van der Waals surface area contributed by atoms with Gasteiger partial charge in [-0.3, -0.25) is 4.90 Å². The number of fused-ring (bicyclic) bond motifs is 3. The molecule has 0 radical (unpaired) electrons. The molecule has 156 valence electrons. The fourth-order valence-electron chi connectivity index (χ4n) is 5.35. The first-order chi connectivity index (χ1) is 14.7. The van der Waals surface area contributed by atoms with Gasteiger partial charge in [0.25, 0.3) is 0 Å². The molecule has 1 N–H and O–H groups in total. The van der Waals surface area contributed by atoms with Gasteiger partial charge in [0.15, 0.2) is 0 Å². The normalized spacial score (nSPS) is 22.4. The third-order valence-corrected chi connectivity index (χ3v) is 7.17. The first-order valence-electron chi connectivity index (χ1n) is 11.4. The van der Waals surface area contributed by atoms with Gasteiger partial charge in [-0.15, -0.1) is 0 Å². The molecule has 3 aliphatic rings. The molecule has 5 heteroatoms. The lowest BCUT2D eigenvalue weighted by atomic mass is 9.86. The van der Waals surface area contributed by atoms with E-state index in [9.17, 15) is 0 Å². The fourth-order valence-corrected chi connectivity index (χ4v) is 5.35. The summed E-state index contributed by atoms with van der Waals surface area (Å²) in [5, 5.41) is 3.65. The van der Waals surface area contributed by atoms with Gasteiger partial charge in [0.2, 0.25) is 0 Å². The number of imidazole rings is 1. The molecule has 2 aromatic carbocycles. The van der Waals surface area contributed by atoms with Crippen LogP contribution in [0.1, 0.15) is 36.7 Å². The lowest BCUT2D eigenvalue weighted by molar-refractivity contribution is -0.221. The molecule has 0 unspecified atom stereocenters. The predicted molar refractivity (Wildman–Crippen MR) is 120 cm³/mol. The quantitative estimate of drug-likeness (QED) is 0.704. The van der Waals surface area contributed by atoms with Crippen LogP contribution in [0.2, 0.25) is 0 Å². The van der Waals surface area contributed by atoms with Gasteiger partial charge < -0.3 is 14.6 Å². The minimum Gasteiger partial charge on any atom is -0.382 e. The second-order valence-corrected chi connectivity index (χ2v) is 9.38. The molecule has 30 heavy (non-hydrogen) atoms. The molecule has 0 bridgehead atoms. The molecule has 0 aliphatic carbocycles. The molecule has 0 amide bonds. The number of hydrogen-bond acceptors (Lipinski definition) is 4. The van der Waals surface area contributed by atoms with Gasteiger partial charge in [0, 0.05) is 56.3 Å². The molecule has 1 spiro atoms. The summed E-state index contributed by atoms with van der Waals surface area (Å²) in [4.78, 5) is 7.73. The highest BCUT2D eigenvalue weighted by molar-refractivity contribution is 5.86. The van der Waals surface area contributed by atoms with E-state index < -0.39 is 0 Å². The van der Waals surface area contributed by atoms with Crippen LogP contribution in [0.15, 0.2) is 42.5 Å². The first kappa shape index (κ1) is 18.4. The molecule has 3 aromatic rings. The van der Waals surface area contributed by atoms with Crippen molar-refractivity contribution < 1.29 is 4.74 Å². The van der Waals surface area contributed by atoms with Gasteiger partial charge in [-0.05, 0) is 37.5 Å². The van der Waals surface area contributed by atoms with Crippen molar-refractivity contribution in [1.82, 2.24) is 14.5 Å². The van der Waals surface area contributed by atoms with E-state index in [0.717, 1.165) is 45.6 Å². The Labute approximate surface area is 178 Å². The molecule has 2 saturated heterocycles. The Hall–Kier alpha value is -2.37. The van der Waals surface area contributed by atoms with E-state index in [4.69, 9.17) is 9.72 Å². The van der Waals surface area contributed by atoms with Crippen molar-refractivity contribution in [2.24, 2.45) is 0 Å². The zero-order valence-electron chi connectivity index (χ0n) is 17.7. The number of anilines is 1. The Morgan fingerprint density at radius 3 is 2.73 bits per heavy atom. The maximum atomic E-state index is 5.80. The Kier molecular flexibility index (Phi) is 4.36. The average molecular weight is 403 g/mol. The number of nitrogens with zero attached hydrogens (tertiary/aromatic N) is 3. The van der Waals surface area contributed by atoms with Crippen LogP contribution >= 0.6 is 0 Å². The fraction of sp³-hybridized carbons (Fsp3) is 0.480. The Morgan fingerprint density at radius 2 is 1.97 bits per heavy atom. The maximum absolute atomic E-state index is 5.80. The molecular formula is C25H30N4O. The third kappa shape index (κ3) is 3.12. The predicted octanol–water partition coefficient (Wildman–Crippen LogP) is 3.85. The summed E-state index contributed by atoms with van der Waals surface area (Å²) in [6.45, 7) is 7.43. The Balaban J connectivity index is 1.32. The smallest absolute Gasteiger partial charge is 0.114 e. The molecular weight excluding hydrogens is 372 g/mol. The van der Waals surface area contributed by atoms with Crippen LogP contribution in [0.4, 0.5) is 5.69 Å². The second-order valence-electron chi connectivity index (χ2n) is 9.38. The van der Waals surface area contributed by atoms with Crippen LogP contribution in [0, 0.1) is 0 Å². The largest absolute Gasteiger partial charge is 0.382 e. The first-order valence-corrected chi connectivity index (χ1v) is 11.4. The summed E-state index contributed by atoms with van der Waals surface area (Å²) in [7, 11) is 0. The van der Waals surface area contributed by atoms with Crippen LogP contribution < -0.4 is 5.32 Å². The van der Waals surface area contributed by atoms with Gasteiger partial charge >= 0.3 is 0 Å². The van der Waals surface area contributed by atoms with Gasteiger partial charge in [0.1, 0.15) is 5.82 Å². The van der Waals surface area contributed by atoms with E-state index in [1.54, 1.807) is 0 Å². The number of aryl methyl sites for hydroxylation is 1. The molecule has 6 rings (SSSR count). The molecule has 1 atom stereocenters. The highest BCUT2D eigenvalue weighted by Gasteiger charge is 2.48. The summed E-state index contributed by atoms with van der Waals surface area (Å²) in [6, 6.07) is 15.8. The van der Waals surface area contributed by atoms with Crippen LogP contribution in [0.5, 0.6) is 0 Å². The monoisotopic (exact) mass is 402 g/mol. The van der Waals surface area contributed by atoms with Crippen LogP contribution in [0.25, 0.3) is 11.0 Å². The van der Waals surface area contributed by atoms with Crippen molar-refractivity contribution in [2.75, 3.05) is 31.6 Å². The zero-order chi connectivity index (χ0) is 20.1. The van der Waals surface area contributed by atoms with Crippen LogP contribution in [0.3, 0.4) is 0 Å². The van der Waals surface area contributed by atoms with E-state index in [-0.39, 0.29) is 5.60 Å². The maximum Gasteiger partial charge on any atom is 0.114 e. The average Bonchev–Trinajstić information content (AvgIpc) is 3.03. The SMILES string of the molecule is C[C@H]1CCc2c(ccc3c2nc(Cc2ccccc2)n3CCN2CC3(CCO3)C2)N1. The summed E-state index contributed by atoms with van der Waals surface area (Å²) in [5.74, 6) is 1.18. The second kappa shape index (κ2) is 7.10. The van der Waals surface area contributed by atoms with E-state index >= 15 is 0 Å². The number of nitrogens with one attached hydrogen (secondary N) is 1. The lowest BCUT2D eigenvalue weighted by Gasteiger charge is -2.55. The van der Waals surface area contributed by atoms with Crippen molar-refractivity contribution in [1.29, 1.82) is 0 Å². The summed E-state index contributed by atoms with van der Waals surface area (Å²) < 4.78 is 8.26. The number of rotatable bonds is 5. The van der Waals surface area contributed by atoms with Gasteiger partial charge in [-0.2, -0.15) is 0 Å². The highest BCUT2D eigenvalue weighted by Crippen LogP contribution is 2.36. The molecule has 3 aliphatic heterocycles. The van der Waals surface area contributed by atoms with Crippen molar-refractivity contribution in [3.8, 4) is 0 Å². The van der Waals surface area contributed by atoms with Crippen LogP contribution in [-0.2, 0) is 24.1 Å². The third-order valence-electron chi connectivity index (χ3n) is 7.17. The van der Waals surface area contributed by atoms with E-state index in [2.05, 4.69) is 64.2 Å². The van der Waals surface area contributed by atoms with E-state index in [0.29, 0.717) is 6.04 Å². The topological polar surface area (TPSA) is 42.3 Å². The van der Waals surface area contributed by atoms with Crippen molar-refractivity contribution in [3.63, 3.8) is 0 Å². The Morgan fingerprint density at radius 1 is 1.13 bits per heavy atom. The number of aromatic nitrogens is 2. The number of hydrogen-bond donors (Lipinski definition) is 1. The van der Waals surface area contributed by atoms with E-state index in [1.165, 1.54) is 46.5 Å². The number of benzene rings is 2. The minimum absolute atomic E-state index is 0.200.